The van der Waals surface area contributed by atoms with E-state index in [1.54, 1.807) is 0 Å². The summed E-state index contributed by atoms with van der Waals surface area (Å²) in [6.07, 6.45) is 9.86. The van der Waals surface area contributed by atoms with Crippen LogP contribution in [-0.2, 0) is 0 Å². The van der Waals surface area contributed by atoms with Gasteiger partial charge in [0.15, 0.2) is 5.96 Å². The van der Waals surface area contributed by atoms with Crippen LogP contribution in [0.1, 0.15) is 51.9 Å². The van der Waals surface area contributed by atoms with Crippen LogP contribution in [0.2, 0.25) is 0 Å². The third-order valence-electron chi connectivity index (χ3n) is 5.99. The number of hydrogen-bond donors (Lipinski definition) is 1. The van der Waals surface area contributed by atoms with Gasteiger partial charge in [-0.2, -0.15) is 0 Å². The molecule has 0 aromatic carbocycles. The first-order valence-electron chi connectivity index (χ1n) is 8.81. The van der Waals surface area contributed by atoms with Gasteiger partial charge >= 0.3 is 0 Å². The van der Waals surface area contributed by atoms with Crippen molar-refractivity contribution in [3.63, 3.8) is 0 Å². The fourth-order valence-corrected chi connectivity index (χ4v) is 4.21. The Bertz CT molecular complexity index is 382. The molecule has 3 aliphatic rings. The SMILES string of the molecule is CN=C(NCC(C)N(C)C1CC1)N1CCC2(CCCC2)C1. The average molecular weight is 292 g/mol. The summed E-state index contributed by atoms with van der Waals surface area (Å²) in [6, 6.07) is 1.41. The minimum absolute atomic E-state index is 0.581. The molecule has 0 radical (unpaired) electrons. The molecular weight excluding hydrogens is 260 g/mol. The van der Waals surface area contributed by atoms with Crippen molar-refractivity contribution in [2.24, 2.45) is 10.4 Å². The third kappa shape index (κ3) is 3.36. The van der Waals surface area contributed by atoms with Crippen LogP contribution in [0.3, 0.4) is 0 Å². The van der Waals surface area contributed by atoms with Crippen LogP contribution in [0.15, 0.2) is 4.99 Å². The summed E-state index contributed by atoms with van der Waals surface area (Å²) >= 11 is 0. The molecule has 3 fully saturated rings. The molecule has 120 valence electrons. The van der Waals surface area contributed by atoms with Crippen LogP contribution in [0.25, 0.3) is 0 Å². The number of hydrogen-bond acceptors (Lipinski definition) is 2. The summed E-state index contributed by atoms with van der Waals surface area (Å²) in [4.78, 5) is 9.54. The van der Waals surface area contributed by atoms with E-state index in [1.165, 1.54) is 58.0 Å². The standard InChI is InChI=1S/C17H32N4/c1-14(20(3)15-6-7-15)12-19-16(18-2)21-11-10-17(13-21)8-4-5-9-17/h14-15H,4-13H2,1-3H3,(H,18,19). The Morgan fingerprint density at radius 2 is 2.05 bits per heavy atom. The van der Waals surface area contributed by atoms with E-state index >= 15 is 0 Å². The maximum absolute atomic E-state index is 4.53. The van der Waals surface area contributed by atoms with E-state index in [1.807, 2.05) is 7.05 Å². The summed E-state index contributed by atoms with van der Waals surface area (Å²) in [6.45, 7) is 5.73. The van der Waals surface area contributed by atoms with Crippen molar-refractivity contribution in [1.82, 2.24) is 15.1 Å². The Morgan fingerprint density at radius 1 is 1.33 bits per heavy atom. The molecule has 1 atom stereocenters. The first kappa shape index (κ1) is 15.1. The molecule has 4 nitrogen and oxygen atoms in total. The highest BCUT2D eigenvalue weighted by Crippen LogP contribution is 2.45. The lowest BCUT2D eigenvalue weighted by molar-refractivity contribution is 0.245. The summed E-state index contributed by atoms with van der Waals surface area (Å²) in [5.41, 5.74) is 0.619. The summed E-state index contributed by atoms with van der Waals surface area (Å²) < 4.78 is 0. The molecule has 1 N–H and O–H groups in total. The van der Waals surface area contributed by atoms with Crippen LogP contribution in [0, 0.1) is 5.41 Å². The second kappa shape index (κ2) is 6.15. The van der Waals surface area contributed by atoms with Crippen molar-refractivity contribution < 1.29 is 0 Å². The maximum Gasteiger partial charge on any atom is 0.193 e. The lowest BCUT2D eigenvalue weighted by Gasteiger charge is -2.29. The molecule has 0 amide bonds. The van der Waals surface area contributed by atoms with Gasteiger partial charge in [-0.15, -0.1) is 0 Å². The average Bonchev–Trinajstić information content (AvgIpc) is 3.12. The van der Waals surface area contributed by atoms with E-state index in [2.05, 4.69) is 34.1 Å². The van der Waals surface area contributed by atoms with Crippen LogP contribution in [-0.4, -0.2) is 61.6 Å². The molecule has 1 unspecified atom stereocenters. The molecule has 3 rings (SSSR count). The zero-order valence-corrected chi connectivity index (χ0v) is 14.1. The number of nitrogens with zero attached hydrogens (tertiary/aromatic N) is 3. The minimum Gasteiger partial charge on any atom is -0.355 e. The van der Waals surface area contributed by atoms with Gasteiger partial charge in [0.2, 0.25) is 0 Å². The van der Waals surface area contributed by atoms with E-state index in [4.69, 9.17) is 0 Å². The minimum atomic E-state index is 0.581. The van der Waals surface area contributed by atoms with Crippen molar-refractivity contribution in [3.05, 3.63) is 0 Å². The lowest BCUT2D eigenvalue weighted by Crippen LogP contribution is -2.47. The highest BCUT2D eigenvalue weighted by Gasteiger charge is 2.41. The summed E-state index contributed by atoms with van der Waals surface area (Å²) in [5, 5.41) is 3.62. The first-order chi connectivity index (χ1) is 10.1. The molecule has 1 aliphatic heterocycles. The van der Waals surface area contributed by atoms with Crippen LogP contribution >= 0.6 is 0 Å². The van der Waals surface area contributed by atoms with Crippen molar-refractivity contribution in [3.8, 4) is 0 Å². The maximum atomic E-state index is 4.53. The Labute approximate surface area is 130 Å². The van der Waals surface area contributed by atoms with Gasteiger partial charge in [0, 0.05) is 38.8 Å². The zero-order chi connectivity index (χ0) is 14.9. The predicted molar refractivity (Wildman–Crippen MR) is 88.7 cm³/mol. The molecule has 2 aliphatic carbocycles. The van der Waals surface area contributed by atoms with Gasteiger partial charge in [0.25, 0.3) is 0 Å². The van der Waals surface area contributed by atoms with Crippen molar-refractivity contribution in [2.75, 3.05) is 33.7 Å². The van der Waals surface area contributed by atoms with Crippen molar-refractivity contribution in [1.29, 1.82) is 0 Å². The predicted octanol–water partition coefficient (Wildman–Crippen LogP) is 2.31. The van der Waals surface area contributed by atoms with Crippen LogP contribution < -0.4 is 5.32 Å². The normalized spacial score (nSPS) is 26.9. The van der Waals surface area contributed by atoms with E-state index in [-0.39, 0.29) is 0 Å². The fourth-order valence-electron chi connectivity index (χ4n) is 4.21. The van der Waals surface area contributed by atoms with Gasteiger partial charge in [0.05, 0.1) is 0 Å². The largest absolute Gasteiger partial charge is 0.355 e. The molecule has 0 bridgehead atoms. The third-order valence-corrected chi connectivity index (χ3v) is 5.99. The first-order valence-corrected chi connectivity index (χ1v) is 8.81. The molecule has 0 aromatic rings. The van der Waals surface area contributed by atoms with Crippen LogP contribution in [0.4, 0.5) is 0 Å². The number of aliphatic imine (C=N–C) groups is 1. The van der Waals surface area contributed by atoms with Gasteiger partial charge < -0.3 is 10.2 Å². The quantitative estimate of drug-likeness (QED) is 0.637. The Morgan fingerprint density at radius 3 is 2.67 bits per heavy atom. The molecule has 4 heteroatoms. The van der Waals surface area contributed by atoms with Gasteiger partial charge in [-0.25, -0.2) is 0 Å². The molecular formula is C17H32N4. The fraction of sp³-hybridized carbons (Fsp3) is 0.941. The van der Waals surface area contributed by atoms with E-state index in [0.29, 0.717) is 11.5 Å². The Balaban J connectivity index is 1.49. The molecule has 0 aromatic heterocycles. The number of guanidine groups is 1. The molecule has 2 saturated carbocycles. The second-order valence-electron chi connectivity index (χ2n) is 7.55. The Hall–Kier alpha value is -0.770. The molecule has 1 heterocycles. The van der Waals surface area contributed by atoms with E-state index in [9.17, 15) is 0 Å². The topological polar surface area (TPSA) is 30.9 Å². The van der Waals surface area contributed by atoms with E-state index < -0.39 is 0 Å². The summed E-state index contributed by atoms with van der Waals surface area (Å²) in [5.74, 6) is 1.12. The summed E-state index contributed by atoms with van der Waals surface area (Å²) in [7, 11) is 4.19. The number of rotatable bonds is 4. The number of likely N-dealkylation sites (tertiary alicyclic amines) is 1. The van der Waals surface area contributed by atoms with Gasteiger partial charge in [-0.05, 0) is 51.5 Å². The van der Waals surface area contributed by atoms with Crippen molar-refractivity contribution in [2.45, 2.75) is 64.0 Å². The lowest BCUT2D eigenvalue weighted by atomic mass is 9.86. The highest BCUT2D eigenvalue weighted by atomic mass is 15.3. The second-order valence-corrected chi connectivity index (χ2v) is 7.55. The molecule has 21 heavy (non-hydrogen) atoms. The highest BCUT2D eigenvalue weighted by molar-refractivity contribution is 5.80. The van der Waals surface area contributed by atoms with Gasteiger partial charge in [0.1, 0.15) is 0 Å². The zero-order valence-electron chi connectivity index (χ0n) is 14.1. The van der Waals surface area contributed by atoms with Gasteiger partial charge in [-0.3, -0.25) is 9.89 Å². The Kier molecular flexibility index (Phi) is 4.43. The van der Waals surface area contributed by atoms with Gasteiger partial charge in [-0.1, -0.05) is 12.8 Å². The number of nitrogens with one attached hydrogen (secondary N) is 1. The number of likely N-dealkylation sites (N-methyl/N-ethyl adjacent to an activating group) is 1. The van der Waals surface area contributed by atoms with E-state index in [0.717, 1.165) is 18.5 Å². The smallest absolute Gasteiger partial charge is 0.193 e. The monoisotopic (exact) mass is 292 g/mol. The van der Waals surface area contributed by atoms with Crippen LogP contribution in [0.5, 0.6) is 0 Å². The molecule has 1 saturated heterocycles. The van der Waals surface area contributed by atoms with Crippen molar-refractivity contribution >= 4 is 5.96 Å². The molecule has 1 spiro atoms.